The molecule has 0 aliphatic carbocycles. The minimum Gasteiger partial charge on any atom is -0.436 e. The van der Waals surface area contributed by atoms with Gasteiger partial charge in [-0.1, -0.05) is 6.92 Å². The number of anilines is 2. The lowest BCUT2D eigenvalue weighted by molar-refractivity contribution is 0.616. The summed E-state index contributed by atoms with van der Waals surface area (Å²) in [5.41, 5.74) is 16.6. The maximum Gasteiger partial charge on any atom is 0.227 e. The third kappa shape index (κ3) is 2.01. The van der Waals surface area contributed by atoms with Gasteiger partial charge in [-0.2, -0.15) is 0 Å². The van der Waals surface area contributed by atoms with E-state index in [-0.39, 0.29) is 0 Å². The molecule has 0 bridgehead atoms. The summed E-state index contributed by atoms with van der Waals surface area (Å²) in [5.74, 6) is 0.593. The number of nitrogens with zero attached hydrogens (tertiary/aromatic N) is 1. The van der Waals surface area contributed by atoms with E-state index in [0.29, 0.717) is 11.6 Å². The van der Waals surface area contributed by atoms with Crippen LogP contribution in [0.1, 0.15) is 12.5 Å². The number of aromatic nitrogens is 1. The minimum atomic E-state index is 0.593. The normalized spacial score (nSPS) is 11.0. The Morgan fingerprint density at radius 3 is 2.47 bits per heavy atom. The molecular weight excluding hydrogens is 238 g/mol. The molecule has 1 aromatic heterocycles. The summed E-state index contributed by atoms with van der Waals surface area (Å²) in [6, 6.07) is 11.2. The van der Waals surface area contributed by atoms with Gasteiger partial charge in [-0.05, 0) is 48.4 Å². The number of nitrogens with two attached hydrogens (primary N) is 2. The van der Waals surface area contributed by atoms with Crippen LogP contribution in [0.15, 0.2) is 40.8 Å². The van der Waals surface area contributed by atoms with Crippen molar-refractivity contribution in [2.24, 2.45) is 0 Å². The highest BCUT2D eigenvalue weighted by Crippen LogP contribution is 2.29. The second kappa shape index (κ2) is 4.31. The van der Waals surface area contributed by atoms with E-state index in [2.05, 4.69) is 11.9 Å². The first-order valence-corrected chi connectivity index (χ1v) is 6.22. The summed E-state index contributed by atoms with van der Waals surface area (Å²) in [7, 11) is 0. The van der Waals surface area contributed by atoms with Crippen LogP contribution >= 0.6 is 0 Å². The maximum absolute atomic E-state index is 5.87. The Labute approximate surface area is 111 Å². The second-order valence-electron chi connectivity index (χ2n) is 4.52. The van der Waals surface area contributed by atoms with E-state index in [4.69, 9.17) is 15.9 Å². The Hall–Kier alpha value is -2.49. The Bertz CT molecular complexity index is 729. The fourth-order valence-electron chi connectivity index (χ4n) is 2.14. The van der Waals surface area contributed by atoms with Gasteiger partial charge < -0.3 is 15.9 Å². The molecule has 4 heteroatoms. The van der Waals surface area contributed by atoms with Gasteiger partial charge in [0.05, 0.1) is 0 Å². The first-order valence-electron chi connectivity index (χ1n) is 6.22. The predicted octanol–water partition coefficient (Wildman–Crippen LogP) is 3.22. The Morgan fingerprint density at radius 2 is 1.79 bits per heavy atom. The van der Waals surface area contributed by atoms with Crippen molar-refractivity contribution in [3.05, 3.63) is 42.0 Å². The average molecular weight is 253 g/mol. The van der Waals surface area contributed by atoms with Crippen LogP contribution in [0.4, 0.5) is 11.4 Å². The molecule has 4 nitrogen and oxygen atoms in total. The summed E-state index contributed by atoms with van der Waals surface area (Å²) >= 11 is 0. The third-order valence-corrected chi connectivity index (χ3v) is 3.13. The van der Waals surface area contributed by atoms with E-state index in [1.807, 2.05) is 36.4 Å². The van der Waals surface area contributed by atoms with Crippen LogP contribution in [0.2, 0.25) is 0 Å². The molecule has 1 heterocycles. The second-order valence-corrected chi connectivity index (χ2v) is 4.52. The summed E-state index contributed by atoms with van der Waals surface area (Å²) in [6.45, 7) is 2.07. The monoisotopic (exact) mass is 253 g/mol. The van der Waals surface area contributed by atoms with Gasteiger partial charge in [0.25, 0.3) is 0 Å². The molecule has 2 aromatic carbocycles. The number of rotatable bonds is 2. The number of hydrogen-bond acceptors (Lipinski definition) is 4. The van der Waals surface area contributed by atoms with Gasteiger partial charge in [-0.15, -0.1) is 0 Å². The predicted molar refractivity (Wildman–Crippen MR) is 77.6 cm³/mol. The molecule has 0 radical (unpaired) electrons. The van der Waals surface area contributed by atoms with Gasteiger partial charge in [-0.3, -0.25) is 0 Å². The van der Waals surface area contributed by atoms with Gasteiger partial charge in [0, 0.05) is 16.9 Å². The van der Waals surface area contributed by atoms with E-state index in [1.165, 1.54) is 0 Å². The third-order valence-electron chi connectivity index (χ3n) is 3.13. The molecule has 0 aliphatic heterocycles. The van der Waals surface area contributed by atoms with Crippen LogP contribution in [0, 0.1) is 0 Å². The van der Waals surface area contributed by atoms with Gasteiger partial charge in [0.15, 0.2) is 5.58 Å². The van der Waals surface area contributed by atoms with Crippen molar-refractivity contribution in [3.63, 3.8) is 0 Å². The average Bonchev–Trinajstić information content (AvgIpc) is 2.82. The molecule has 0 saturated carbocycles. The van der Waals surface area contributed by atoms with Crippen LogP contribution in [0.25, 0.3) is 22.6 Å². The molecule has 19 heavy (non-hydrogen) atoms. The van der Waals surface area contributed by atoms with Crippen molar-refractivity contribution in [2.75, 3.05) is 11.5 Å². The summed E-state index contributed by atoms with van der Waals surface area (Å²) < 4.78 is 5.86. The van der Waals surface area contributed by atoms with Crippen LogP contribution in [0.5, 0.6) is 0 Å². The zero-order valence-corrected chi connectivity index (χ0v) is 10.7. The molecule has 0 aliphatic rings. The van der Waals surface area contributed by atoms with E-state index in [9.17, 15) is 0 Å². The number of aryl methyl sites for hydroxylation is 1. The number of nitrogen functional groups attached to an aromatic ring is 2. The zero-order chi connectivity index (χ0) is 13.4. The maximum atomic E-state index is 5.87. The topological polar surface area (TPSA) is 78.1 Å². The molecule has 0 fully saturated rings. The lowest BCUT2D eigenvalue weighted by Gasteiger charge is -1.99. The standard InChI is InChI=1S/C15H15N3O/c1-2-9-7-12(17)8-13-14(9)19-15(18-13)10-3-5-11(16)6-4-10/h3-8H,2,16-17H2,1H3. The fraction of sp³-hybridized carbons (Fsp3) is 0.133. The zero-order valence-electron chi connectivity index (χ0n) is 10.7. The van der Waals surface area contributed by atoms with Gasteiger partial charge in [-0.25, -0.2) is 4.98 Å². The molecular formula is C15H15N3O. The van der Waals surface area contributed by atoms with E-state index in [0.717, 1.165) is 34.3 Å². The van der Waals surface area contributed by atoms with E-state index >= 15 is 0 Å². The fourth-order valence-corrected chi connectivity index (χ4v) is 2.14. The van der Waals surface area contributed by atoms with Crippen LogP contribution in [-0.4, -0.2) is 4.98 Å². The van der Waals surface area contributed by atoms with Crippen molar-refractivity contribution in [1.82, 2.24) is 4.98 Å². The number of hydrogen-bond donors (Lipinski definition) is 2. The summed E-state index contributed by atoms with van der Waals surface area (Å²) in [4.78, 5) is 4.49. The van der Waals surface area contributed by atoms with Gasteiger partial charge in [0.1, 0.15) is 5.52 Å². The number of fused-ring (bicyclic) bond motifs is 1. The van der Waals surface area contributed by atoms with Crippen LogP contribution in [0.3, 0.4) is 0 Å². The molecule has 4 N–H and O–H groups in total. The summed E-state index contributed by atoms with van der Waals surface area (Å²) in [6.07, 6.45) is 0.859. The molecule has 0 atom stereocenters. The minimum absolute atomic E-state index is 0.593. The first-order chi connectivity index (χ1) is 9.17. The molecule has 96 valence electrons. The quantitative estimate of drug-likeness (QED) is 0.687. The highest BCUT2D eigenvalue weighted by Gasteiger charge is 2.11. The van der Waals surface area contributed by atoms with Crippen molar-refractivity contribution in [2.45, 2.75) is 13.3 Å². The number of benzene rings is 2. The largest absolute Gasteiger partial charge is 0.436 e. The van der Waals surface area contributed by atoms with Crippen molar-refractivity contribution >= 4 is 22.5 Å². The summed E-state index contributed by atoms with van der Waals surface area (Å²) in [5, 5.41) is 0. The molecule has 0 unspecified atom stereocenters. The van der Waals surface area contributed by atoms with Crippen molar-refractivity contribution in [3.8, 4) is 11.5 Å². The van der Waals surface area contributed by atoms with Crippen LogP contribution in [-0.2, 0) is 6.42 Å². The van der Waals surface area contributed by atoms with E-state index in [1.54, 1.807) is 0 Å². The molecule has 0 amide bonds. The highest BCUT2D eigenvalue weighted by molar-refractivity contribution is 5.83. The molecule has 3 rings (SSSR count). The molecule has 3 aromatic rings. The van der Waals surface area contributed by atoms with Gasteiger partial charge >= 0.3 is 0 Å². The van der Waals surface area contributed by atoms with Crippen molar-refractivity contribution < 1.29 is 4.42 Å². The van der Waals surface area contributed by atoms with Gasteiger partial charge in [0.2, 0.25) is 5.89 Å². The smallest absolute Gasteiger partial charge is 0.227 e. The van der Waals surface area contributed by atoms with Crippen molar-refractivity contribution in [1.29, 1.82) is 0 Å². The Morgan fingerprint density at radius 1 is 1.05 bits per heavy atom. The molecule has 0 saturated heterocycles. The Balaban J connectivity index is 2.18. The van der Waals surface area contributed by atoms with E-state index < -0.39 is 0 Å². The van der Waals surface area contributed by atoms with Crippen LogP contribution < -0.4 is 11.5 Å². The lowest BCUT2D eigenvalue weighted by Crippen LogP contribution is -1.88. The number of oxazole rings is 1. The molecule has 0 spiro atoms. The SMILES string of the molecule is CCc1cc(N)cc2nc(-c3ccc(N)cc3)oc12. The highest BCUT2D eigenvalue weighted by atomic mass is 16.3. The lowest BCUT2D eigenvalue weighted by atomic mass is 10.1. The Kier molecular flexibility index (Phi) is 2.63. The first kappa shape index (κ1) is 11.6.